The molecule has 0 atom stereocenters. The monoisotopic (exact) mass is 277 g/mol. The Bertz CT molecular complexity index is 473. The van der Waals surface area contributed by atoms with Crippen molar-refractivity contribution in [3.05, 3.63) is 29.8 Å². The van der Waals surface area contributed by atoms with E-state index in [4.69, 9.17) is 9.84 Å². The SMILES string of the molecule is CC(C)(C)c1ccccc1OCC1CN(C(=O)CO)C1. The molecule has 1 N–H and O–H groups in total. The Morgan fingerprint density at radius 1 is 1.35 bits per heavy atom. The number of rotatable bonds is 4. The van der Waals surface area contributed by atoms with E-state index in [0.717, 1.165) is 5.75 Å². The lowest BCUT2D eigenvalue weighted by Crippen LogP contribution is -2.53. The van der Waals surface area contributed by atoms with Gasteiger partial charge < -0.3 is 14.7 Å². The number of amides is 1. The second-order valence-corrected chi connectivity index (χ2v) is 6.38. The molecule has 0 radical (unpaired) electrons. The van der Waals surface area contributed by atoms with Gasteiger partial charge in [-0.15, -0.1) is 0 Å². The Morgan fingerprint density at radius 3 is 2.60 bits per heavy atom. The summed E-state index contributed by atoms with van der Waals surface area (Å²) in [5, 5.41) is 8.77. The Labute approximate surface area is 120 Å². The van der Waals surface area contributed by atoms with E-state index in [1.165, 1.54) is 5.56 Å². The molecule has 0 unspecified atom stereocenters. The quantitative estimate of drug-likeness (QED) is 0.913. The molecule has 1 fully saturated rings. The number of nitrogens with zero attached hydrogens (tertiary/aromatic N) is 1. The van der Waals surface area contributed by atoms with Gasteiger partial charge in [0.2, 0.25) is 5.91 Å². The van der Waals surface area contributed by atoms with Crippen LogP contribution in [0.5, 0.6) is 5.75 Å². The predicted octanol–water partition coefficient (Wildman–Crippen LogP) is 1.81. The van der Waals surface area contributed by atoms with Crippen LogP contribution in [0.1, 0.15) is 26.3 Å². The van der Waals surface area contributed by atoms with Gasteiger partial charge in [-0.1, -0.05) is 39.0 Å². The van der Waals surface area contributed by atoms with Crippen LogP contribution in [0.3, 0.4) is 0 Å². The van der Waals surface area contributed by atoms with Crippen LogP contribution in [0.2, 0.25) is 0 Å². The smallest absolute Gasteiger partial charge is 0.248 e. The van der Waals surface area contributed by atoms with Crippen molar-refractivity contribution >= 4 is 5.91 Å². The van der Waals surface area contributed by atoms with Crippen LogP contribution in [0.15, 0.2) is 24.3 Å². The Morgan fingerprint density at radius 2 is 2.00 bits per heavy atom. The summed E-state index contributed by atoms with van der Waals surface area (Å²) in [5.74, 6) is 1.09. The minimum absolute atomic E-state index is 0.0507. The number of aliphatic hydroxyl groups is 1. The lowest BCUT2D eigenvalue weighted by atomic mass is 9.86. The van der Waals surface area contributed by atoms with Crippen molar-refractivity contribution in [3.63, 3.8) is 0 Å². The Hall–Kier alpha value is -1.55. The number of hydrogen-bond acceptors (Lipinski definition) is 3. The van der Waals surface area contributed by atoms with E-state index in [-0.39, 0.29) is 11.3 Å². The first-order valence-corrected chi connectivity index (χ1v) is 7.02. The Kier molecular flexibility index (Phi) is 4.33. The lowest BCUT2D eigenvalue weighted by molar-refractivity contribution is -0.141. The molecule has 1 aliphatic heterocycles. The standard InChI is InChI=1S/C16H23NO3/c1-16(2,3)13-6-4-5-7-14(13)20-11-12-8-17(9-12)15(19)10-18/h4-7,12,18H,8-11H2,1-3H3. The van der Waals surface area contributed by atoms with Gasteiger partial charge in [0.1, 0.15) is 12.4 Å². The third-order valence-corrected chi connectivity index (χ3v) is 3.61. The molecule has 0 aromatic heterocycles. The highest BCUT2D eigenvalue weighted by molar-refractivity contribution is 5.77. The van der Waals surface area contributed by atoms with Crippen LogP contribution in [-0.2, 0) is 10.2 Å². The van der Waals surface area contributed by atoms with Crippen LogP contribution < -0.4 is 4.74 Å². The molecule has 1 aliphatic rings. The number of likely N-dealkylation sites (tertiary alicyclic amines) is 1. The topological polar surface area (TPSA) is 49.8 Å². The van der Waals surface area contributed by atoms with Crippen LogP contribution in [0, 0.1) is 5.92 Å². The number of carbonyl (C=O) groups is 1. The predicted molar refractivity (Wildman–Crippen MR) is 77.8 cm³/mol. The van der Waals surface area contributed by atoms with Gasteiger partial charge in [-0.25, -0.2) is 0 Å². The summed E-state index contributed by atoms with van der Waals surface area (Å²) in [7, 11) is 0. The first kappa shape index (κ1) is 14.9. The van der Waals surface area contributed by atoms with Crippen LogP contribution in [0.4, 0.5) is 0 Å². The number of benzene rings is 1. The van der Waals surface area contributed by atoms with E-state index >= 15 is 0 Å². The summed E-state index contributed by atoms with van der Waals surface area (Å²) in [4.78, 5) is 12.9. The summed E-state index contributed by atoms with van der Waals surface area (Å²) in [5.41, 5.74) is 1.25. The van der Waals surface area contributed by atoms with Gasteiger partial charge in [-0.05, 0) is 17.0 Å². The van der Waals surface area contributed by atoms with E-state index in [9.17, 15) is 4.79 Å². The molecule has 1 heterocycles. The third kappa shape index (κ3) is 3.31. The molecule has 110 valence electrons. The van der Waals surface area contributed by atoms with Crippen molar-refractivity contribution in [2.24, 2.45) is 5.92 Å². The minimum Gasteiger partial charge on any atom is -0.493 e. The second-order valence-electron chi connectivity index (χ2n) is 6.38. The van der Waals surface area contributed by atoms with Gasteiger partial charge in [0.15, 0.2) is 0 Å². The van der Waals surface area contributed by atoms with Crippen LogP contribution in [-0.4, -0.2) is 42.2 Å². The van der Waals surface area contributed by atoms with Gasteiger partial charge >= 0.3 is 0 Å². The van der Waals surface area contributed by atoms with E-state index in [1.807, 2.05) is 18.2 Å². The molecule has 0 spiro atoms. The average Bonchev–Trinajstić information content (AvgIpc) is 2.35. The number of ether oxygens (including phenoxy) is 1. The highest BCUT2D eigenvalue weighted by Gasteiger charge is 2.30. The molecule has 1 saturated heterocycles. The third-order valence-electron chi connectivity index (χ3n) is 3.61. The molecule has 20 heavy (non-hydrogen) atoms. The molecule has 0 saturated carbocycles. The first-order chi connectivity index (χ1) is 9.41. The fourth-order valence-electron chi connectivity index (χ4n) is 2.40. The van der Waals surface area contributed by atoms with Gasteiger partial charge in [-0.2, -0.15) is 0 Å². The maximum Gasteiger partial charge on any atom is 0.248 e. The molecule has 0 aliphatic carbocycles. The summed E-state index contributed by atoms with van der Waals surface area (Å²) < 4.78 is 5.93. The fraction of sp³-hybridized carbons (Fsp3) is 0.562. The molecular weight excluding hydrogens is 254 g/mol. The average molecular weight is 277 g/mol. The van der Waals surface area contributed by atoms with E-state index in [0.29, 0.717) is 25.6 Å². The summed E-state index contributed by atoms with van der Waals surface area (Å²) in [6, 6.07) is 8.10. The highest BCUT2D eigenvalue weighted by Crippen LogP contribution is 2.31. The van der Waals surface area contributed by atoms with Crippen LogP contribution in [0.25, 0.3) is 0 Å². The molecule has 4 heteroatoms. The van der Waals surface area contributed by atoms with Crippen molar-refractivity contribution in [2.45, 2.75) is 26.2 Å². The highest BCUT2D eigenvalue weighted by atomic mass is 16.5. The van der Waals surface area contributed by atoms with Crippen molar-refractivity contribution < 1.29 is 14.6 Å². The van der Waals surface area contributed by atoms with E-state index < -0.39 is 6.61 Å². The Balaban J connectivity index is 1.89. The minimum atomic E-state index is -0.402. The van der Waals surface area contributed by atoms with Gasteiger partial charge in [0.25, 0.3) is 0 Å². The fourth-order valence-corrected chi connectivity index (χ4v) is 2.40. The van der Waals surface area contributed by atoms with Gasteiger partial charge in [-0.3, -0.25) is 4.79 Å². The number of carbonyl (C=O) groups excluding carboxylic acids is 1. The normalized spacial score (nSPS) is 15.9. The molecule has 0 bridgehead atoms. The largest absolute Gasteiger partial charge is 0.493 e. The van der Waals surface area contributed by atoms with Crippen molar-refractivity contribution in [1.29, 1.82) is 0 Å². The summed E-state index contributed by atoms with van der Waals surface area (Å²) in [6.45, 7) is 8.07. The van der Waals surface area contributed by atoms with Gasteiger partial charge in [0.05, 0.1) is 6.61 Å². The second kappa shape index (κ2) is 5.83. The molecule has 2 rings (SSSR count). The van der Waals surface area contributed by atoms with Crippen molar-refractivity contribution in [2.75, 3.05) is 26.3 Å². The first-order valence-electron chi connectivity index (χ1n) is 7.02. The van der Waals surface area contributed by atoms with E-state index in [1.54, 1.807) is 4.90 Å². The van der Waals surface area contributed by atoms with Crippen LogP contribution >= 0.6 is 0 Å². The zero-order valence-corrected chi connectivity index (χ0v) is 12.4. The molecule has 1 aromatic rings. The zero-order valence-electron chi connectivity index (χ0n) is 12.4. The summed E-state index contributed by atoms with van der Waals surface area (Å²) in [6.07, 6.45) is 0. The van der Waals surface area contributed by atoms with Crippen molar-refractivity contribution in [3.8, 4) is 5.75 Å². The zero-order chi connectivity index (χ0) is 14.8. The molecule has 1 amide bonds. The molecule has 4 nitrogen and oxygen atoms in total. The lowest BCUT2D eigenvalue weighted by Gasteiger charge is -2.38. The molecular formula is C16H23NO3. The number of hydrogen-bond donors (Lipinski definition) is 1. The maximum atomic E-state index is 11.2. The number of para-hydroxylation sites is 1. The summed E-state index contributed by atoms with van der Waals surface area (Å²) >= 11 is 0. The maximum absolute atomic E-state index is 11.2. The van der Waals surface area contributed by atoms with Gasteiger partial charge in [0, 0.05) is 19.0 Å². The molecule has 1 aromatic carbocycles. The van der Waals surface area contributed by atoms with E-state index in [2.05, 4.69) is 26.8 Å². The number of aliphatic hydroxyl groups excluding tert-OH is 1. The van der Waals surface area contributed by atoms with Crippen molar-refractivity contribution in [1.82, 2.24) is 4.90 Å².